The van der Waals surface area contributed by atoms with Crippen molar-refractivity contribution in [3.05, 3.63) is 83.3 Å². The summed E-state index contributed by atoms with van der Waals surface area (Å²) in [6, 6.07) is 8.77. The minimum absolute atomic E-state index is 0.0264. The number of benzene rings is 1. The van der Waals surface area contributed by atoms with Gasteiger partial charge in [0.2, 0.25) is 5.76 Å². The van der Waals surface area contributed by atoms with Gasteiger partial charge in [-0.15, -0.1) is 0 Å². The predicted molar refractivity (Wildman–Crippen MR) is 118 cm³/mol. The molecular weight excluding hydrogens is 446 g/mol. The highest BCUT2D eigenvalue weighted by Gasteiger charge is 2.27. The maximum Gasteiger partial charge on any atom is 0.291 e. The van der Waals surface area contributed by atoms with Gasteiger partial charge in [-0.2, -0.15) is 0 Å². The summed E-state index contributed by atoms with van der Waals surface area (Å²) in [6.45, 7) is 2.26. The van der Waals surface area contributed by atoms with Crippen LogP contribution in [-0.2, 0) is 6.54 Å². The lowest BCUT2D eigenvalue weighted by Gasteiger charge is -2.14. The van der Waals surface area contributed by atoms with Crippen molar-refractivity contribution in [1.29, 1.82) is 0 Å². The number of rotatable bonds is 6. The summed E-state index contributed by atoms with van der Waals surface area (Å²) >= 11 is 0. The third-order valence-corrected chi connectivity index (χ3v) is 5.89. The lowest BCUT2D eigenvalue weighted by Crippen LogP contribution is -2.19. The number of fused-ring (bicyclic) bond motifs is 1. The molecule has 0 spiro atoms. The smallest absolute Gasteiger partial charge is 0.291 e. The van der Waals surface area contributed by atoms with E-state index in [0.29, 0.717) is 24.3 Å². The molecule has 2 amide bonds. The molecule has 10 heteroatoms. The molecule has 174 valence electrons. The first-order valence-electron chi connectivity index (χ1n) is 10.6. The SMILES string of the molecule is NC(=O)c1oc2c(F)cc(F)cc2c1NC(=O)c1ccc(CN2CCC(c3ccncc3)C2)o1. The molecule has 5 rings (SSSR count). The highest BCUT2D eigenvalue weighted by molar-refractivity contribution is 6.13. The van der Waals surface area contributed by atoms with Gasteiger partial charge >= 0.3 is 0 Å². The number of halogens is 2. The summed E-state index contributed by atoms with van der Waals surface area (Å²) in [4.78, 5) is 30.8. The number of amides is 2. The van der Waals surface area contributed by atoms with Gasteiger partial charge < -0.3 is 19.9 Å². The number of likely N-dealkylation sites (tertiary alicyclic amines) is 1. The Bertz CT molecular complexity index is 1380. The van der Waals surface area contributed by atoms with Gasteiger partial charge in [-0.3, -0.25) is 19.5 Å². The number of nitrogens with zero attached hydrogens (tertiary/aromatic N) is 2. The molecule has 0 bridgehead atoms. The van der Waals surface area contributed by atoms with Crippen molar-refractivity contribution in [3.63, 3.8) is 0 Å². The molecule has 1 aliphatic rings. The van der Waals surface area contributed by atoms with Crippen molar-refractivity contribution in [2.45, 2.75) is 18.9 Å². The first-order chi connectivity index (χ1) is 16.4. The number of pyridine rings is 1. The maximum absolute atomic E-state index is 14.1. The molecule has 1 unspecified atom stereocenters. The van der Waals surface area contributed by atoms with E-state index in [0.717, 1.165) is 25.6 Å². The van der Waals surface area contributed by atoms with Gasteiger partial charge in [0.1, 0.15) is 17.3 Å². The first kappa shape index (κ1) is 21.8. The molecule has 0 saturated carbocycles. The van der Waals surface area contributed by atoms with Crippen LogP contribution in [0.2, 0.25) is 0 Å². The molecule has 4 aromatic rings. The van der Waals surface area contributed by atoms with Gasteiger partial charge in [-0.1, -0.05) is 0 Å². The van der Waals surface area contributed by atoms with Crippen molar-refractivity contribution in [2.75, 3.05) is 18.4 Å². The molecule has 0 aliphatic carbocycles. The Morgan fingerprint density at radius 2 is 1.94 bits per heavy atom. The standard InChI is InChI=1S/C24H20F2N4O4/c25-15-9-17-20(22(23(27)31)34-21(17)18(26)10-15)29-24(32)19-2-1-16(33-19)12-30-8-5-14(11-30)13-3-6-28-7-4-13/h1-4,6-7,9-10,14H,5,8,11-12H2,(H2,27,31)(H,29,32). The van der Waals surface area contributed by atoms with Crippen LogP contribution in [0.3, 0.4) is 0 Å². The van der Waals surface area contributed by atoms with Gasteiger partial charge in [-0.05, 0) is 54.8 Å². The molecule has 1 saturated heterocycles. The normalized spacial score (nSPS) is 16.2. The Hall–Kier alpha value is -4.05. The quantitative estimate of drug-likeness (QED) is 0.443. The Morgan fingerprint density at radius 3 is 2.71 bits per heavy atom. The largest absolute Gasteiger partial charge is 0.455 e. The van der Waals surface area contributed by atoms with Crippen LogP contribution in [0.5, 0.6) is 0 Å². The fourth-order valence-electron chi connectivity index (χ4n) is 4.29. The second-order valence-corrected chi connectivity index (χ2v) is 8.16. The zero-order valence-corrected chi connectivity index (χ0v) is 17.9. The summed E-state index contributed by atoms with van der Waals surface area (Å²) < 4.78 is 38.7. The molecule has 1 fully saturated rings. The number of anilines is 1. The Balaban J connectivity index is 1.31. The van der Waals surface area contributed by atoms with Crippen molar-refractivity contribution < 1.29 is 27.2 Å². The summed E-state index contributed by atoms with van der Waals surface area (Å²) in [6.07, 6.45) is 4.57. The summed E-state index contributed by atoms with van der Waals surface area (Å²) in [5.74, 6) is -3.18. The van der Waals surface area contributed by atoms with E-state index in [1.165, 1.54) is 11.6 Å². The Morgan fingerprint density at radius 1 is 1.15 bits per heavy atom. The minimum Gasteiger partial charge on any atom is -0.455 e. The second kappa shape index (κ2) is 8.71. The van der Waals surface area contributed by atoms with E-state index in [1.807, 2.05) is 12.1 Å². The molecule has 34 heavy (non-hydrogen) atoms. The molecule has 0 radical (unpaired) electrons. The minimum atomic E-state index is -1.04. The third-order valence-electron chi connectivity index (χ3n) is 5.89. The third kappa shape index (κ3) is 4.15. The lowest BCUT2D eigenvalue weighted by molar-refractivity contribution is 0.0976. The number of carbonyl (C=O) groups is 2. The van der Waals surface area contributed by atoms with Crippen molar-refractivity contribution >= 4 is 28.5 Å². The maximum atomic E-state index is 14.1. The van der Waals surface area contributed by atoms with Crippen LogP contribution >= 0.6 is 0 Å². The summed E-state index contributed by atoms with van der Waals surface area (Å²) in [5.41, 5.74) is 5.93. The zero-order valence-electron chi connectivity index (χ0n) is 17.9. The predicted octanol–water partition coefficient (Wildman–Crippen LogP) is 4.04. The van der Waals surface area contributed by atoms with Crippen molar-refractivity contribution in [1.82, 2.24) is 9.88 Å². The van der Waals surface area contributed by atoms with Crippen molar-refractivity contribution in [3.8, 4) is 0 Å². The molecule has 3 aromatic heterocycles. The number of aromatic nitrogens is 1. The topological polar surface area (TPSA) is 115 Å². The average molecular weight is 466 g/mol. The van der Waals surface area contributed by atoms with Gasteiger partial charge in [0.15, 0.2) is 17.2 Å². The monoisotopic (exact) mass is 466 g/mol. The van der Waals surface area contributed by atoms with Crippen molar-refractivity contribution in [2.24, 2.45) is 5.73 Å². The molecule has 4 heterocycles. The highest BCUT2D eigenvalue weighted by Crippen LogP contribution is 2.34. The fraction of sp³-hybridized carbons (Fsp3) is 0.208. The van der Waals surface area contributed by atoms with Crippen LogP contribution < -0.4 is 11.1 Å². The molecule has 8 nitrogen and oxygen atoms in total. The summed E-state index contributed by atoms with van der Waals surface area (Å²) in [5, 5.41) is 2.32. The second-order valence-electron chi connectivity index (χ2n) is 8.16. The first-order valence-corrected chi connectivity index (χ1v) is 10.6. The Kier molecular flexibility index (Phi) is 5.58. The average Bonchev–Trinajstić information content (AvgIpc) is 3.54. The molecule has 1 aromatic carbocycles. The molecule has 1 atom stereocenters. The van der Waals surface area contributed by atoms with Crippen LogP contribution in [0.1, 0.15) is 44.8 Å². The molecule has 3 N–H and O–H groups in total. The van der Waals surface area contributed by atoms with Crippen LogP contribution in [0.15, 0.2) is 57.6 Å². The number of hydrogen-bond acceptors (Lipinski definition) is 6. The summed E-state index contributed by atoms with van der Waals surface area (Å²) in [7, 11) is 0. The molecular formula is C24H20F2N4O4. The van der Waals surface area contributed by atoms with Crippen LogP contribution in [0.25, 0.3) is 11.0 Å². The lowest BCUT2D eigenvalue weighted by atomic mass is 10.00. The highest BCUT2D eigenvalue weighted by atomic mass is 19.1. The van der Waals surface area contributed by atoms with Crippen LogP contribution in [0, 0.1) is 11.6 Å². The van der Waals surface area contributed by atoms with Crippen LogP contribution in [0.4, 0.5) is 14.5 Å². The van der Waals surface area contributed by atoms with Gasteiger partial charge in [0.25, 0.3) is 11.8 Å². The van der Waals surface area contributed by atoms with Gasteiger partial charge in [0.05, 0.1) is 11.9 Å². The van der Waals surface area contributed by atoms with E-state index in [-0.39, 0.29) is 22.4 Å². The van der Waals surface area contributed by atoms with E-state index in [4.69, 9.17) is 14.6 Å². The van der Waals surface area contributed by atoms with Crippen LogP contribution in [-0.4, -0.2) is 34.8 Å². The number of furan rings is 2. The van der Waals surface area contributed by atoms with E-state index in [9.17, 15) is 18.4 Å². The van der Waals surface area contributed by atoms with E-state index in [2.05, 4.69) is 15.2 Å². The number of nitrogens with two attached hydrogens (primary N) is 1. The number of carbonyl (C=O) groups excluding carboxylic acids is 2. The van der Waals surface area contributed by atoms with E-state index < -0.39 is 29.2 Å². The number of nitrogens with one attached hydrogen (secondary N) is 1. The number of primary amides is 1. The Labute approximate surface area is 192 Å². The van der Waals surface area contributed by atoms with E-state index >= 15 is 0 Å². The molecule has 1 aliphatic heterocycles. The van der Waals surface area contributed by atoms with Gasteiger partial charge in [-0.25, -0.2) is 8.78 Å². The zero-order chi connectivity index (χ0) is 23.8. The van der Waals surface area contributed by atoms with E-state index in [1.54, 1.807) is 18.5 Å². The number of hydrogen-bond donors (Lipinski definition) is 2. The fourth-order valence-corrected chi connectivity index (χ4v) is 4.29. The van der Waals surface area contributed by atoms with Gasteiger partial charge in [0, 0.05) is 25.0 Å².